The molecule has 1 heterocycles. The van der Waals surface area contributed by atoms with Crippen LogP contribution in [-0.2, 0) is 29.2 Å². The predicted octanol–water partition coefficient (Wildman–Crippen LogP) is 6.36. The van der Waals surface area contributed by atoms with Crippen LogP contribution < -0.4 is 0 Å². The van der Waals surface area contributed by atoms with Gasteiger partial charge in [0.25, 0.3) is 10.1 Å². The summed E-state index contributed by atoms with van der Waals surface area (Å²) in [6, 6.07) is 18.5. The standard InChI is InChI=1S/C28H42O6S2Si/c1-19(2)37(20(3)4,21(5)6)34-26-22(7)32-28(35-24-16-12-9-13-17-24)27(25(26)29)33-36(30,31)18-23-14-10-8-11-15-23/h8-17,19-22,25-29H,18H2,1-7H3/t22-,25+,26-,27+,28+/m0/s1. The van der Waals surface area contributed by atoms with Crippen LogP contribution in [0.5, 0.6) is 0 Å². The van der Waals surface area contributed by atoms with Crippen molar-refractivity contribution in [1.82, 2.24) is 0 Å². The number of ether oxygens (including phenoxy) is 1. The van der Waals surface area contributed by atoms with Gasteiger partial charge in [-0.1, -0.05) is 102 Å². The number of thioether (sulfide) groups is 1. The molecule has 0 saturated carbocycles. The number of aliphatic hydroxyl groups is 1. The van der Waals surface area contributed by atoms with Crippen molar-refractivity contribution in [3.05, 3.63) is 66.2 Å². The highest BCUT2D eigenvalue weighted by atomic mass is 32.2. The molecule has 0 amide bonds. The fraction of sp³-hybridized carbons (Fsp3) is 0.571. The molecule has 0 bridgehead atoms. The van der Waals surface area contributed by atoms with E-state index in [4.69, 9.17) is 13.3 Å². The highest BCUT2D eigenvalue weighted by Crippen LogP contribution is 2.46. The minimum absolute atomic E-state index is 0.288. The van der Waals surface area contributed by atoms with Crippen LogP contribution in [0.4, 0.5) is 0 Å². The Morgan fingerprint density at radius 2 is 1.41 bits per heavy atom. The third-order valence-corrected chi connectivity index (χ3v) is 15.7. The molecule has 37 heavy (non-hydrogen) atoms. The zero-order valence-corrected chi connectivity index (χ0v) is 25.5. The third-order valence-electron chi connectivity index (χ3n) is 7.24. The molecule has 0 aliphatic carbocycles. The van der Waals surface area contributed by atoms with Crippen molar-refractivity contribution in [2.24, 2.45) is 0 Å². The van der Waals surface area contributed by atoms with Crippen molar-refractivity contribution in [2.75, 3.05) is 0 Å². The molecule has 1 aliphatic heterocycles. The minimum Gasteiger partial charge on any atom is -0.408 e. The van der Waals surface area contributed by atoms with Gasteiger partial charge in [0.1, 0.15) is 23.4 Å². The van der Waals surface area contributed by atoms with E-state index >= 15 is 0 Å². The third kappa shape index (κ3) is 7.26. The maximum absolute atomic E-state index is 13.2. The molecule has 1 aliphatic rings. The summed E-state index contributed by atoms with van der Waals surface area (Å²) in [6.45, 7) is 15.0. The van der Waals surface area contributed by atoms with Crippen molar-refractivity contribution < 1.29 is 26.9 Å². The van der Waals surface area contributed by atoms with E-state index < -0.39 is 48.3 Å². The fourth-order valence-corrected chi connectivity index (χ4v) is 13.7. The van der Waals surface area contributed by atoms with Crippen molar-refractivity contribution in [3.8, 4) is 0 Å². The number of hydrogen-bond donors (Lipinski definition) is 1. The summed E-state index contributed by atoms with van der Waals surface area (Å²) in [5.74, 6) is -0.288. The van der Waals surface area contributed by atoms with Gasteiger partial charge in [0.05, 0.1) is 12.2 Å². The van der Waals surface area contributed by atoms with E-state index in [1.165, 1.54) is 11.8 Å². The number of rotatable bonds is 11. The molecule has 206 valence electrons. The van der Waals surface area contributed by atoms with Gasteiger partial charge in [-0.25, -0.2) is 0 Å². The van der Waals surface area contributed by atoms with Gasteiger partial charge in [-0.05, 0) is 41.2 Å². The van der Waals surface area contributed by atoms with Crippen molar-refractivity contribution in [3.63, 3.8) is 0 Å². The average Bonchev–Trinajstić information content (AvgIpc) is 2.82. The van der Waals surface area contributed by atoms with Crippen LogP contribution in [0.2, 0.25) is 16.6 Å². The molecule has 9 heteroatoms. The van der Waals surface area contributed by atoms with Gasteiger partial charge in [-0.3, -0.25) is 4.18 Å². The molecule has 2 aromatic carbocycles. The van der Waals surface area contributed by atoms with E-state index in [0.717, 1.165) is 4.90 Å². The smallest absolute Gasteiger partial charge is 0.272 e. The molecular formula is C28H42O6S2Si. The summed E-state index contributed by atoms with van der Waals surface area (Å²) >= 11 is 1.35. The van der Waals surface area contributed by atoms with Crippen LogP contribution in [0.1, 0.15) is 54.0 Å². The lowest BCUT2D eigenvalue weighted by atomic mass is 10.0. The van der Waals surface area contributed by atoms with E-state index in [2.05, 4.69) is 41.5 Å². The minimum atomic E-state index is -4.02. The SMILES string of the molecule is CC(C)[Si](O[C@@H]1[C@@H](O)[C@@H](OS(=O)(=O)Cc2ccccc2)[C@@H](Sc2ccccc2)O[C@H]1C)(C(C)C)C(C)C. The molecule has 2 aromatic rings. The number of benzene rings is 2. The van der Waals surface area contributed by atoms with Crippen LogP contribution >= 0.6 is 11.8 Å². The zero-order chi connectivity index (χ0) is 27.4. The summed E-state index contributed by atoms with van der Waals surface area (Å²) < 4.78 is 45.4. The second kappa shape index (κ2) is 12.8. The second-order valence-corrected chi connectivity index (χ2v) is 19.0. The monoisotopic (exact) mass is 566 g/mol. The van der Waals surface area contributed by atoms with E-state index in [-0.39, 0.29) is 5.75 Å². The Kier molecular flexibility index (Phi) is 10.5. The average molecular weight is 567 g/mol. The quantitative estimate of drug-likeness (QED) is 0.250. The number of hydrogen-bond acceptors (Lipinski definition) is 7. The molecular weight excluding hydrogens is 525 g/mol. The Labute approximate surface area is 228 Å². The van der Waals surface area contributed by atoms with Gasteiger partial charge in [-0.15, -0.1) is 0 Å². The van der Waals surface area contributed by atoms with Gasteiger partial charge in [0.2, 0.25) is 8.32 Å². The molecule has 1 N–H and O–H groups in total. The molecule has 1 fully saturated rings. The molecule has 5 atom stereocenters. The molecule has 1 saturated heterocycles. The van der Waals surface area contributed by atoms with E-state index in [1.807, 2.05) is 43.3 Å². The molecule has 3 rings (SSSR count). The van der Waals surface area contributed by atoms with Crippen LogP contribution in [0.25, 0.3) is 0 Å². The number of aliphatic hydroxyl groups excluding tert-OH is 1. The second-order valence-electron chi connectivity index (χ2n) is 10.8. The molecule has 0 aromatic heterocycles. The summed E-state index contributed by atoms with van der Waals surface area (Å²) in [6.07, 6.45) is -3.46. The molecule has 6 nitrogen and oxygen atoms in total. The van der Waals surface area contributed by atoms with Crippen LogP contribution in [-0.4, -0.2) is 51.7 Å². The summed E-state index contributed by atoms with van der Waals surface area (Å²) in [5, 5.41) is 11.7. The molecule has 0 unspecified atom stereocenters. The van der Waals surface area contributed by atoms with Gasteiger partial charge >= 0.3 is 0 Å². The Morgan fingerprint density at radius 1 is 0.892 bits per heavy atom. The highest BCUT2D eigenvalue weighted by Gasteiger charge is 2.53. The van der Waals surface area contributed by atoms with Crippen LogP contribution in [0.15, 0.2) is 65.6 Å². The maximum atomic E-state index is 13.2. The zero-order valence-electron chi connectivity index (χ0n) is 22.9. The summed E-state index contributed by atoms with van der Waals surface area (Å²) in [7, 11) is -6.42. The van der Waals surface area contributed by atoms with Crippen LogP contribution in [0.3, 0.4) is 0 Å². The van der Waals surface area contributed by atoms with E-state index in [9.17, 15) is 13.5 Å². The fourth-order valence-electron chi connectivity index (χ4n) is 5.61. The van der Waals surface area contributed by atoms with E-state index in [1.54, 1.807) is 24.3 Å². The van der Waals surface area contributed by atoms with Crippen molar-refractivity contribution in [2.45, 2.75) is 106 Å². The van der Waals surface area contributed by atoms with Crippen molar-refractivity contribution >= 4 is 30.2 Å². The summed E-state index contributed by atoms with van der Waals surface area (Å²) in [5.41, 5.74) is 0.775. The Balaban J connectivity index is 1.94. The summed E-state index contributed by atoms with van der Waals surface area (Å²) in [4.78, 5) is 0.899. The lowest BCUT2D eigenvalue weighted by Crippen LogP contribution is -2.62. The topological polar surface area (TPSA) is 82.1 Å². The van der Waals surface area contributed by atoms with Gasteiger partial charge in [0.15, 0.2) is 0 Å². The Bertz CT molecular complexity index is 1060. The Morgan fingerprint density at radius 3 is 1.92 bits per heavy atom. The van der Waals surface area contributed by atoms with Crippen molar-refractivity contribution in [1.29, 1.82) is 0 Å². The predicted molar refractivity (Wildman–Crippen MR) is 153 cm³/mol. The van der Waals surface area contributed by atoms with Gasteiger partial charge < -0.3 is 14.3 Å². The first-order chi connectivity index (χ1) is 17.4. The molecule has 0 radical (unpaired) electrons. The maximum Gasteiger partial charge on any atom is 0.272 e. The molecule has 0 spiro atoms. The normalized spacial score (nSPS) is 25.2. The first kappa shape index (κ1) is 30.3. The largest absolute Gasteiger partial charge is 0.408 e. The van der Waals surface area contributed by atoms with Gasteiger partial charge in [-0.2, -0.15) is 8.42 Å². The van der Waals surface area contributed by atoms with E-state index in [0.29, 0.717) is 22.2 Å². The lowest BCUT2D eigenvalue weighted by Gasteiger charge is -2.50. The first-order valence-electron chi connectivity index (χ1n) is 13.0. The van der Waals surface area contributed by atoms with Gasteiger partial charge in [0, 0.05) is 4.90 Å². The van der Waals surface area contributed by atoms with Crippen LogP contribution in [0, 0.1) is 0 Å². The lowest BCUT2D eigenvalue weighted by molar-refractivity contribution is -0.180. The Hall–Kier alpha value is -1.20. The first-order valence-corrected chi connectivity index (χ1v) is 17.6. The highest BCUT2D eigenvalue weighted by molar-refractivity contribution is 7.99.